The van der Waals surface area contributed by atoms with Crippen LogP contribution in [0.3, 0.4) is 0 Å². The third-order valence-corrected chi connectivity index (χ3v) is 2.92. The Morgan fingerprint density at radius 3 is 2.84 bits per heavy atom. The van der Waals surface area contributed by atoms with Gasteiger partial charge in [0.1, 0.15) is 11.1 Å². The molecule has 0 saturated carbocycles. The van der Waals surface area contributed by atoms with E-state index >= 15 is 0 Å². The third-order valence-electron chi connectivity index (χ3n) is 2.92. The summed E-state index contributed by atoms with van der Waals surface area (Å²) >= 11 is 0. The number of amides is 1. The number of hydrogen-bond donors (Lipinski definition) is 1. The summed E-state index contributed by atoms with van der Waals surface area (Å²) in [4.78, 5) is 25.4. The van der Waals surface area contributed by atoms with Gasteiger partial charge in [0.2, 0.25) is 0 Å². The fourth-order valence-corrected chi connectivity index (χ4v) is 1.85. The fraction of sp³-hybridized carbons (Fsp3) is 0.286. The van der Waals surface area contributed by atoms with E-state index < -0.39 is 5.63 Å². The van der Waals surface area contributed by atoms with Gasteiger partial charge in [-0.1, -0.05) is 18.2 Å². The van der Waals surface area contributed by atoms with Crippen LogP contribution in [0.25, 0.3) is 11.0 Å². The molecular formula is C14H16N2O3. The lowest BCUT2D eigenvalue weighted by molar-refractivity contribution is 0.0790. The smallest absolute Gasteiger partial charge is 0.349 e. The predicted molar refractivity (Wildman–Crippen MR) is 73.1 cm³/mol. The molecule has 2 N–H and O–H groups in total. The Hall–Kier alpha value is -2.14. The molecule has 0 aliphatic carbocycles. The number of carbonyl (C=O) groups excluding carboxylic acids is 1. The minimum absolute atomic E-state index is 0.0539. The van der Waals surface area contributed by atoms with Crippen molar-refractivity contribution in [3.05, 3.63) is 46.3 Å². The number of carbonyl (C=O) groups is 1. The van der Waals surface area contributed by atoms with E-state index in [0.717, 1.165) is 5.39 Å². The Bertz CT molecular complexity index is 648. The van der Waals surface area contributed by atoms with Crippen LogP contribution < -0.4 is 11.4 Å². The molecular weight excluding hydrogens is 244 g/mol. The summed E-state index contributed by atoms with van der Waals surface area (Å²) in [5.41, 5.74) is 5.33. The zero-order chi connectivity index (χ0) is 13.8. The number of nitrogens with zero attached hydrogens (tertiary/aromatic N) is 1. The van der Waals surface area contributed by atoms with Crippen LogP contribution in [0, 0.1) is 0 Å². The molecule has 5 nitrogen and oxygen atoms in total. The van der Waals surface area contributed by atoms with Crippen molar-refractivity contribution in [3.8, 4) is 0 Å². The highest BCUT2D eigenvalue weighted by Gasteiger charge is 2.17. The van der Waals surface area contributed by atoms with E-state index in [9.17, 15) is 9.59 Å². The third kappa shape index (κ3) is 2.82. The largest absolute Gasteiger partial charge is 0.422 e. The fourth-order valence-electron chi connectivity index (χ4n) is 1.85. The number of nitrogens with two attached hydrogens (primary N) is 1. The van der Waals surface area contributed by atoms with Gasteiger partial charge in [-0.05, 0) is 25.1 Å². The maximum atomic E-state index is 12.1. The number of para-hydroxylation sites is 1. The van der Waals surface area contributed by atoms with E-state index in [0.29, 0.717) is 25.1 Å². The molecule has 100 valence electrons. The lowest BCUT2D eigenvalue weighted by atomic mass is 10.1. The Morgan fingerprint density at radius 2 is 2.11 bits per heavy atom. The number of rotatable bonds is 4. The van der Waals surface area contributed by atoms with Gasteiger partial charge in [-0.15, -0.1) is 0 Å². The second-order valence-electron chi connectivity index (χ2n) is 4.35. The zero-order valence-corrected chi connectivity index (χ0v) is 10.8. The average molecular weight is 260 g/mol. The van der Waals surface area contributed by atoms with E-state index in [-0.39, 0.29) is 11.5 Å². The van der Waals surface area contributed by atoms with Crippen LogP contribution in [0.15, 0.2) is 39.5 Å². The van der Waals surface area contributed by atoms with E-state index in [4.69, 9.17) is 10.2 Å². The molecule has 2 rings (SSSR count). The number of fused-ring (bicyclic) bond motifs is 1. The van der Waals surface area contributed by atoms with Crippen LogP contribution in [-0.4, -0.2) is 30.9 Å². The normalized spacial score (nSPS) is 10.6. The van der Waals surface area contributed by atoms with Crippen molar-refractivity contribution in [3.63, 3.8) is 0 Å². The first kappa shape index (κ1) is 13.3. The predicted octanol–water partition coefficient (Wildman–Crippen LogP) is 1.21. The van der Waals surface area contributed by atoms with E-state index in [1.165, 1.54) is 4.90 Å². The van der Waals surface area contributed by atoms with Crippen molar-refractivity contribution < 1.29 is 9.21 Å². The molecule has 0 saturated heterocycles. The van der Waals surface area contributed by atoms with Crippen LogP contribution in [0.4, 0.5) is 0 Å². The molecule has 0 bridgehead atoms. The van der Waals surface area contributed by atoms with Gasteiger partial charge >= 0.3 is 5.63 Å². The Morgan fingerprint density at radius 1 is 1.37 bits per heavy atom. The first-order chi connectivity index (χ1) is 9.13. The van der Waals surface area contributed by atoms with E-state index in [1.54, 1.807) is 31.3 Å². The first-order valence-corrected chi connectivity index (χ1v) is 6.12. The van der Waals surface area contributed by atoms with Crippen molar-refractivity contribution in [2.24, 2.45) is 5.73 Å². The van der Waals surface area contributed by atoms with Crippen LogP contribution in [0.1, 0.15) is 16.8 Å². The molecule has 0 aliphatic heterocycles. The maximum absolute atomic E-state index is 12.1. The molecule has 0 fully saturated rings. The van der Waals surface area contributed by atoms with E-state index in [2.05, 4.69) is 0 Å². The maximum Gasteiger partial charge on any atom is 0.349 e. The molecule has 0 unspecified atom stereocenters. The second kappa shape index (κ2) is 5.67. The molecule has 1 amide bonds. The van der Waals surface area contributed by atoms with Gasteiger partial charge in [-0.3, -0.25) is 4.79 Å². The summed E-state index contributed by atoms with van der Waals surface area (Å²) in [6.07, 6.45) is 0.696. The Balaban J connectivity index is 2.36. The summed E-state index contributed by atoms with van der Waals surface area (Å²) in [5.74, 6) is -0.340. The van der Waals surface area contributed by atoms with Gasteiger partial charge < -0.3 is 15.1 Å². The molecule has 0 radical (unpaired) electrons. The van der Waals surface area contributed by atoms with Gasteiger partial charge in [0.05, 0.1) is 0 Å². The average Bonchev–Trinajstić information content (AvgIpc) is 2.43. The molecule has 1 aromatic carbocycles. The molecule has 0 aliphatic rings. The minimum atomic E-state index is -0.608. The topological polar surface area (TPSA) is 76.5 Å². The van der Waals surface area contributed by atoms with Crippen LogP contribution in [-0.2, 0) is 0 Å². The van der Waals surface area contributed by atoms with Crippen LogP contribution in [0.2, 0.25) is 0 Å². The minimum Gasteiger partial charge on any atom is -0.422 e. The molecule has 0 atom stereocenters. The molecule has 19 heavy (non-hydrogen) atoms. The quantitative estimate of drug-likeness (QED) is 0.838. The van der Waals surface area contributed by atoms with Crippen LogP contribution in [0.5, 0.6) is 0 Å². The highest BCUT2D eigenvalue weighted by Crippen LogP contribution is 2.13. The van der Waals surface area contributed by atoms with Crippen molar-refractivity contribution >= 4 is 16.9 Å². The summed E-state index contributed by atoms with van der Waals surface area (Å²) < 4.78 is 5.14. The molecule has 5 heteroatoms. The Kier molecular flexibility index (Phi) is 3.97. The highest BCUT2D eigenvalue weighted by molar-refractivity contribution is 5.96. The SMILES string of the molecule is CN(CCCN)C(=O)c1cc2ccccc2oc1=O. The van der Waals surface area contributed by atoms with Gasteiger partial charge in [-0.25, -0.2) is 4.79 Å². The molecule has 0 spiro atoms. The highest BCUT2D eigenvalue weighted by atomic mass is 16.4. The first-order valence-electron chi connectivity index (χ1n) is 6.12. The molecule has 1 heterocycles. The summed E-state index contributed by atoms with van der Waals surface area (Å²) in [6.45, 7) is 1.02. The standard InChI is InChI=1S/C14H16N2O3/c1-16(8-4-7-15)13(17)11-9-10-5-2-3-6-12(10)19-14(11)18/h2-3,5-6,9H,4,7-8,15H2,1H3. The number of benzene rings is 1. The van der Waals surface area contributed by atoms with Crippen LogP contribution >= 0.6 is 0 Å². The van der Waals surface area contributed by atoms with E-state index in [1.807, 2.05) is 6.07 Å². The van der Waals surface area contributed by atoms with Gasteiger partial charge in [0.25, 0.3) is 5.91 Å². The van der Waals surface area contributed by atoms with Crippen molar-refractivity contribution in [2.45, 2.75) is 6.42 Å². The summed E-state index contributed by atoms with van der Waals surface area (Å²) in [6, 6.07) is 8.68. The lowest BCUT2D eigenvalue weighted by Gasteiger charge is -2.15. The molecule has 2 aromatic rings. The monoisotopic (exact) mass is 260 g/mol. The second-order valence-corrected chi connectivity index (χ2v) is 4.35. The Labute approximate surface area is 110 Å². The van der Waals surface area contributed by atoms with Gasteiger partial charge in [0.15, 0.2) is 0 Å². The zero-order valence-electron chi connectivity index (χ0n) is 10.8. The van der Waals surface area contributed by atoms with Crippen molar-refractivity contribution in [1.29, 1.82) is 0 Å². The summed E-state index contributed by atoms with van der Waals surface area (Å²) in [7, 11) is 1.65. The van der Waals surface area contributed by atoms with Gasteiger partial charge in [0, 0.05) is 19.0 Å². The summed E-state index contributed by atoms with van der Waals surface area (Å²) in [5, 5.41) is 0.734. The number of hydrogen-bond acceptors (Lipinski definition) is 4. The van der Waals surface area contributed by atoms with Crippen molar-refractivity contribution in [2.75, 3.05) is 20.1 Å². The van der Waals surface area contributed by atoms with Gasteiger partial charge in [-0.2, -0.15) is 0 Å². The lowest BCUT2D eigenvalue weighted by Crippen LogP contribution is -2.32. The molecule has 1 aromatic heterocycles. The van der Waals surface area contributed by atoms with Crippen molar-refractivity contribution in [1.82, 2.24) is 4.90 Å².